The monoisotopic (exact) mass is 303 g/mol. The summed E-state index contributed by atoms with van der Waals surface area (Å²) in [6.45, 7) is 0.643. The van der Waals surface area contributed by atoms with Crippen molar-refractivity contribution in [1.29, 1.82) is 0 Å². The Bertz CT molecular complexity index is 572. The quantitative estimate of drug-likeness (QED) is 0.882. The number of nitrogens with zero attached hydrogens (tertiary/aromatic N) is 1. The van der Waals surface area contributed by atoms with Crippen molar-refractivity contribution in [2.45, 2.75) is 25.7 Å². The van der Waals surface area contributed by atoms with Gasteiger partial charge in [-0.05, 0) is 25.0 Å². The van der Waals surface area contributed by atoms with Gasteiger partial charge in [0.25, 0.3) is 5.91 Å². The first-order chi connectivity index (χ1) is 10.6. The fraction of sp³-hybridized carbons (Fsp3) is 0.438. The van der Waals surface area contributed by atoms with Crippen molar-refractivity contribution in [3.8, 4) is 0 Å². The predicted molar refractivity (Wildman–Crippen MR) is 83.5 cm³/mol. The van der Waals surface area contributed by atoms with Crippen molar-refractivity contribution in [3.63, 3.8) is 0 Å². The van der Waals surface area contributed by atoms with Crippen LogP contribution in [-0.4, -0.2) is 42.8 Å². The summed E-state index contributed by atoms with van der Waals surface area (Å²) in [6.07, 6.45) is 3.33. The third kappa shape index (κ3) is 4.07. The number of benzene rings is 1. The number of para-hydroxylation sites is 1. The fourth-order valence-electron chi connectivity index (χ4n) is 2.49. The molecule has 1 fully saturated rings. The maximum atomic E-state index is 12.2. The Labute approximate surface area is 129 Å². The molecule has 0 radical (unpaired) electrons. The Morgan fingerprint density at radius 1 is 1.18 bits per heavy atom. The number of nitrogens with one attached hydrogen (secondary N) is 2. The summed E-state index contributed by atoms with van der Waals surface area (Å²) in [5.41, 5.74) is 0.856. The number of carbonyl (C=O) groups excluding carboxylic acids is 3. The highest BCUT2D eigenvalue weighted by atomic mass is 16.2. The van der Waals surface area contributed by atoms with Crippen LogP contribution in [0.15, 0.2) is 24.3 Å². The molecule has 6 heteroatoms. The summed E-state index contributed by atoms with van der Waals surface area (Å²) >= 11 is 0. The zero-order valence-corrected chi connectivity index (χ0v) is 12.7. The van der Waals surface area contributed by atoms with Gasteiger partial charge in [-0.3, -0.25) is 14.4 Å². The average molecular weight is 303 g/mol. The molecule has 0 saturated carbocycles. The van der Waals surface area contributed by atoms with Gasteiger partial charge in [0.2, 0.25) is 11.8 Å². The maximum absolute atomic E-state index is 12.2. The Kier molecular flexibility index (Phi) is 5.52. The highest BCUT2D eigenvalue weighted by Crippen LogP contribution is 2.15. The molecule has 3 amide bonds. The molecule has 2 rings (SSSR count). The van der Waals surface area contributed by atoms with Crippen LogP contribution >= 0.6 is 0 Å². The van der Waals surface area contributed by atoms with E-state index in [1.54, 1.807) is 29.2 Å². The van der Waals surface area contributed by atoms with Crippen molar-refractivity contribution < 1.29 is 14.4 Å². The van der Waals surface area contributed by atoms with E-state index in [0.29, 0.717) is 24.2 Å². The first-order valence-corrected chi connectivity index (χ1v) is 7.50. The smallest absolute Gasteiger partial charge is 0.253 e. The van der Waals surface area contributed by atoms with Gasteiger partial charge < -0.3 is 15.5 Å². The third-order valence-corrected chi connectivity index (χ3v) is 3.68. The molecule has 6 nitrogen and oxygen atoms in total. The fourth-order valence-corrected chi connectivity index (χ4v) is 2.49. The van der Waals surface area contributed by atoms with Crippen LogP contribution in [0.4, 0.5) is 5.69 Å². The Morgan fingerprint density at radius 2 is 1.95 bits per heavy atom. The first kappa shape index (κ1) is 16.0. The topological polar surface area (TPSA) is 78.5 Å². The van der Waals surface area contributed by atoms with E-state index in [9.17, 15) is 14.4 Å². The molecule has 1 saturated heterocycles. The van der Waals surface area contributed by atoms with Gasteiger partial charge in [-0.15, -0.1) is 0 Å². The lowest BCUT2D eigenvalue weighted by molar-refractivity contribution is -0.134. The van der Waals surface area contributed by atoms with Crippen LogP contribution in [0.3, 0.4) is 0 Å². The molecule has 22 heavy (non-hydrogen) atoms. The van der Waals surface area contributed by atoms with Crippen molar-refractivity contribution >= 4 is 23.4 Å². The van der Waals surface area contributed by atoms with Crippen LogP contribution in [0.25, 0.3) is 0 Å². The van der Waals surface area contributed by atoms with Crippen LogP contribution in [0.2, 0.25) is 0 Å². The molecule has 2 N–H and O–H groups in total. The number of anilines is 1. The minimum absolute atomic E-state index is 0.0206. The van der Waals surface area contributed by atoms with Crippen LogP contribution in [0, 0.1) is 0 Å². The molecule has 0 aromatic heterocycles. The molecule has 0 spiro atoms. The third-order valence-electron chi connectivity index (χ3n) is 3.68. The lowest BCUT2D eigenvalue weighted by Crippen LogP contribution is -2.37. The zero-order chi connectivity index (χ0) is 15.9. The van der Waals surface area contributed by atoms with Crippen molar-refractivity contribution in [2.75, 3.05) is 25.5 Å². The molecule has 0 bridgehead atoms. The summed E-state index contributed by atoms with van der Waals surface area (Å²) in [6, 6.07) is 6.80. The number of rotatable bonds is 4. The molecular formula is C16H21N3O3. The number of likely N-dealkylation sites (tertiary alicyclic amines) is 1. The van der Waals surface area contributed by atoms with Crippen molar-refractivity contribution in [3.05, 3.63) is 29.8 Å². The first-order valence-electron chi connectivity index (χ1n) is 7.50. The highest BCUT2D eigenvalue weighted by Gasteiger charge is 2.20. The molecule has 1 aromatic carbocycles. The summed E-state index contributed by atoms with van der Waals surface area (Å²) in [7, 11) is 1.54. The second kappa shape index (κ2) is 7.59. The summed E-state index contributed by atoms with van der Waals surface area (Å²) < 4.78 is 0. The van der Waals surface area contributed by atoms with E-state index in [-0.39, 0.29) is 24.3 Å². The Hall–Kier alpha value is -2.37. The van der Waals surface area contributed by atoms with Crippen LogP contribution in [-0.2, 0) is 9.59 Å². The Morgan fingerprint density at radius 3 is 2.73 bits per heavy atom. The van der Waals surface area contributed by atoms with E-state index >= 15 is 0 Å². The van der Waals surface area contributed by atoms with E-state index in [2.05, 4.69) is 10.6 Å². The van der Waals surface area contributed by atoms with Crippen LogP contribution < -0.4 is 10.6 Å². The standard InChI is InChI=1S/C16H21N3O3/c1-17-16(22)12-7-4-5-8-13(12)18-14(20)11-19-10-6-2-3-9-15(19)21/h4-5,7-8H,2-3,6,9-11H2,1H3,(H,17,22)(H,18,20). The molecule has 1 aliphatic heterocycles. The molecule has 0 atom stereocenters. The lowest BCUT2D eigenvalue weighted by atomic mass is 10.1. The molecule has 1 heterocycles. The second-order valence-corrected chi connectivity index (χ2v) is 5.30. The predicted octanol–water partition coefficient (Wildman–Crippen LogP) is 1.39. The van der Waals surface area contributed by atoms with Gasteiger partial charge in [-0.2, -0.15) is 0 Å². The van der Waals surface area contributed by atoms with Gasteiger partial charge in [0, 0.05) is 20.0 Å². The SMILES string of the molecule is CNC(=O)c1ccccc1NC(=O)CN1CCCCCC1=O. The van der Waals surface area contributed by atoms with Gasteiger partial charge in [0.05, 0.1) is 17.8 Å². The zero-order valence-electron chi connectivity index (χ0n) is 12.7. The molecule has 1 aliphatic rings. The normalized spacial score (nSPS) is 15.1. The lowest BCUT2D eigenvalue weighted by Gasteiger charge is -2.20. The van der Waals surface area contributed by atoms with Crippen LogP contribution in [0.1, 0.15) is 36.0 Å². The van der Waals surface area contributed by atoms with Gasteiger partial charge in [-0.1, -0.05) is 18.6 Å². The maximum Gasteiger partial charge on any atom is 0.253 e. The Balaban J connectivity index is 2.03. The average Bonchev–Trinajstić information content (AvgIpc) is 2.72. The molecular weight excluding hydrogens is 282 g/mol. The van der Waals surface area contributed by atoms with Crippen molar-refractivity contribution in [2.24, 2.45) is 0 Å². The van der Waals surface area contributed by atoms with E-state index in [1.165, 1.54) is 7.05 Å². The molecule has 118 valence electrons. The number of hydrogen-bond donors (Lipinski definition) is 2. The number of amides is 3. The summed E-state index contributed by atoms with van der Waals surface area (Å²) in [4.78, 5) is 37.4. The van der Waals surface area contributed by atoms with E-state index in [1.807, 2.05) is 0 Å². The minimum atomic E-state index is -0.286. The molecule has 0 unspecified atom stereocenters. The van der Waals surface area contributed by atoms with E-state index in [0.717, 1.165) is 19.3 Å². The van der Waals surface area contributed by atoms with E-state index < -0.39 is 0 Å². The van der Waals surface area contributed by atoms with Gasteiger partial charge >= 0.3 is 0 Å². The molecule has 0 aliphatic carbocycles. The summed E-state index contributed by atoms with van der Waals surface area (Å²) in [5.74, 6) is -0.527. The largest absolute Gasteiger partial charge is 0.355 e. The number of carbonyl (C=O) groups is 3. The highest BCUT2D eigenvalue weighted by molar-refractivity contribution is 6.04. The van der Waals surface area contributed by atoms with Crippen molar-refractivity contribution in [1.82, 2.24) is 10.2 Å². The van der Waals surface area contributed by atoms with Gasteiger partial charge in [0.1, 0.15) is 0 Å². The molecule has 1 aromatic rings. The second-order valence-electron chi connectivity index (χ2n) is 5.30. The minimum Gasteiger partial charge on any atom is -0.355 e. The van der Waals surface area contributed by atoms with Crippen LogP contribution in [0.5, 0.6) is 0 Å². The van der Waals surface area contributed by atoms with E-state index in [4.69, 9.17) is 0 Å². The summed E-state index contributed by atoms with van der Waals surface area (Å²) in [5, 5.41) is 5.26. The number of hydrogen-bond acceptors (Lipinski definition) is 3. The van der Waals surface area contributed by atoms with Gasteiger partial charge in [-0.25, -0.2) is 0 Å². The van der Waals surface area contributed by atoms with Gasteiger partial charge in [0.15, 0.2) is 0 Å².